The fourth-order valence-corrected chi connectivity index (χ4v) is 3.85. The zero-order chi connectivity index (χ0) is 17.0. The van der Waals surface area contributed by atoms with Crippen molar-refractivity contribution >= 4 is 40.1 Å². The predicted octanol–water partition coefficient (Wildman–Crippen LogP) is 3.10. The zero-order valence-corrected chi connectivity index (χ0v) is 15.4. The number of carbonyl (C=O) groups excluding carboxylic acids is 2. The number of H-pyrrole nitrogens is 1. The first-order valence-corrected chi connectivity index (χ1v) is 9.16. The molecule has 0 aromatic carbocycles. The van der Waals surface area contributed by atoms with Crippen LogP contribution in [0.1, 0.15) is 51.9 Å². The van der Waals surface area contributed by atoms with Crippen LogP contribution in [-0.4, -0.2) is 51.4 Å². The van der Waals surface area contributed by atoms with Gasteiger partial charge >= 0.3 is 5.97 Å². The van der Waals surface area contributed by atoms with Gasteiger partial charge < -0.3 is 14.6 Å². The van der Waals surface area contributed by atoms with Crippen molar-refractivity contribution in [2.45, 2.75) is 33.6 Å². The van der Waals surface area contributed by atoms with E-state index >= 15 is 0 Å². The van der Waals surface area contributed by atoms with Crippen molar-refractivity contribution in [3.8, 4) is 0 Å². The van der Waals surface area contributed by atoms with E-state index in [4.69, 9.17) is 17.0 Å². The molecule has 1 aromatic rings. The molecule has 126 valence electrons. The summed E-state index contributed by atoms with van der Waals surface area (Å²) < 4.78 is 5.83. The van der Waals surface area contributed by atoms with E-state index in [-0.39, 0.29) is 11.5 Å². The average molecular weight is 354 g/mol. The average Bonchev–Trinajstić information content (AvgIpc) is 3.13. The summed E-state index contributed by atoms with van der Waals surface area (Å²) in [5, 5.41) is 0. The molecule has 0 radical (unpaired) electrons. The van der Waals surface area contributed by atoms with Crippen LogP contribution in [0.25, 0.3) is 0 Å². The van der Waals surface area contributed by atoms with Gasteiger partial charge in [0.2, 0.25) is 0 Å². The maximum atomic E-state index is 12.4. The lowest BCUT2D eigenvalue weighted by Gasteiger charge is -2.17. The lowest BCUT2D eigenvalue weighted by atomic mass is 10.1. The largest absolute Gasteiger partial charge is 0.462 e. The molecule has 0 spiro atoms. The number of ether oxygens (including phenoxy) is 1. The fraction of sp³-hybridized carbons (Fsp3) is 0.562. The Balaban J connectivity index is 2.03. The number of aryl methyl sites for hydroxylation is 1. The topological polar surface area (TPSA) is 62.4 Å². The van der Waals surface area contributed by atoms with Crippen molar-refractivity contribution in [1.82, 2.24) is 9.88 Å². The van der Waals surface area contributed by atoms with Gasteiger partial charge in [-0.2, -0.15) is 0 Å². The zero-order valence-electron chi connectivity index (χ0n) is 13.7. The number of esters is 1. The fourth-order valence-electron chi connectivity index (χ4n) is 2.73. The van der Waals surface area contributed by atoms with Gasteiger partial charge in [-0.05, 0) is 39.2 Å². The highest BCUT2D eigenvalue weighted by Gasteiger charge is 2.23. The summed E-state index contributed by atoms with van der Waals surface area (Å²) in [6.45, 7) is 7.58. The van der Waals surface area contributed by atoms with Crippen LogP contribution in [0.4, 0.5) is 0 Å². The summed E-state index contributed by atoms with van der Waals surface area (Å²) in [6, 6.07) is 0. The minimum atomic E-state index is -0.391. The highest BCUT2D eigenvalue weighted by atomic mass is 32.2. The minimum absolute atomic E-state index is 0.0484. The quantitative estimate of drug-likeness (QED) is 0.498. The molecule has 1 N–H and O–H groups in total. The van der Waals surface area contributed by atoms with Crippen LogP contribution in [0.15, 0.2) is 0 Å². The van der Waals surface area contributed by atoms with Gasteiger partial charge in [-0.1, -0.05) is 24.0 Å². The Kier molecular flexibility index (Phi) is 6.24. The highest BCUT2D eigenvalue weighted by molar-refractivity contribution is 8.23. The maximum Gasteiger partial charge on any atom is 0.340 e. The van der Waals surface area contributed by atoms with E-state index in [0.717, 1.165) is 30.3 Å². The highest BCUT2D eigenvalue weighted by Crippen LogP contribution is 2.22. The van der Waals surface area contributed by atoms with Gasteiger partial charge in [-0.15, -0.1) is 0 Å². The van der Waals surface area contributed by atoms with Crippen LogP contribution >= 0.6 is 24.0 Å². The molecule has 1 fully saturated rings. The Hall–Kier alpha value is -1.34. The third kappa shape index (κ3) is 4.14. The number of thiocarbonyl (C=S) groups is 1. The summed E-state index contributed by atoms with van der Waals surface area (Å²) in [4.78, 5) is 29.6. The van der Waals surface area contributed by atoms with Crippen molar-refractivity contribution in [3.05, 3.63) is 22.5 Å². The second kappa shape index (κ2) is 7.97. The molecule has 0 amide bonds. The van der Waals surface area contributed by atoms with Gasteiger partial charge in [0, 0.05) is 18.8 Å². The van der Waals surface area contributed by atoms with Crippen molar-refractivity contribution in [2.24, 2.45) is 0 Å². The van der Waals surface area contributed by atoms with Gasteiger partial charge in [-0.25, -0.2) is 4.79 Å². The second-order valence-electron chi connectivity index (χ2n) is 5.52. The minimum Gasteiger partial charge on any atom is -0.462 e. The molecule has 0 atom stereocenters. The van der Waals surface area contributed by atoms with E-state index in [0.29, 0.717) is 29.1 Å². The number of Topliss-reactive ketones (excluding diaryl/α,β-unsaturated/α-hetero) is 1. The van der Waals surface area contributed by atoms with E-state index in [2.05, 4.69) is 9.88 Å². The van der Waals surface area contributed by atoms with Crippen molar-refractivity contribution in [2.75, 3.05) is 25.4 Å². The number of hydrogen-bond acceptors (Lipinski definition) is 5. The molecule has 1 saturated heterocycles. The summed E-state index contributed by atoms with van der Waals surface area (Å²) in [5.74, 6) is -0.163. The van der Waals surface area contributed by atoms with E-state index in [1.54, 1.807) is 20.8 Å². The smallest absolute Gasteiger partial charge is 0.340 e. The molecule has 0 unspecified atom stereocenters. The summed E-state index contributed by atoms with van der Waals surface area (Å²) in [6.07, 6.45) is 2.32. The number of carbonyl (C=O) groups is 2. The van der Waals surface area contributed by atoms with Crippen molar-refractivity contribution < 1.29 is 14.3 Å². The second-order valence-corrected chi connectivity index (χ2v) is 7.13. The SMILES string of the molecule is CCOC(=O)c1c(C)[nH]c(C(=O)CSC(=S)N2CCCC2)c1C. The van der Waals surface area contributed by atoms with Crippen LogP contribution in [0.2, 0.25) is 0 Å². The molecule has 5 nitrogen and oxygen atoms in total. The Morgan fingerprint density at radius 1 is 1.30 bits per heavy atom. The van der Waals surface area contributed by atoms with Crippen LogP contribution in [0.3, 0.4) is 0 Å². The molecule has 2 rings (SSSR count). The Morgan fingerprint density at radius 2 is 1.96 bits per heavy atom. The number of hydrogen-bond donors (Lipinski definition) is 1. The van der Waals surface area contributed by atoms with Crippen LogP contribution in [-0.2, 0) is 4.74 Å². The first kappa shape index (κ1) is 18.0. The molecule has 23 heavy (non-hydrogen) atoms. The van der Waals surface area contributed by atoms with Gasteiger partial charge in [0.15, 0.2) is 5.78 Å². The normalized spacial score (nSPS) is 14.1. The molecule has 7 heteroatoms. The van der Waals surface area contributed by atoms with E-state index in [1.165, 1.54) is 11.8 Å². The third-order valence-electron chi connectivity index (χ3n) is 3.89. The molecular formula is C16H22N2O3S2. The lowest BCUT2D eigenvalue weighted by molar-refractivity contribution is 0.0525. The number of nitrogens with zero attached hydrogens (tertiary/aromatic N) is 1. The molecule has 1 aliphatic rings. The van der Waals surface area contributed by atoms with E-state index in [1.807, 2.05) is 0 Å². The molecule has 2 heterocycles. The predicted molar refractivity (Wildman–Crippen MR) is 96.4 cm³/mol. The molecule has 1 aliphatic heterocycles. The van der Waals surface area contributed by atoms with Crippen molar-refractivity contribution in [3.63, 3.8) is 0 Å². The summed E-state index contributed by atoms with van der Waals surface area (Å²) in [5.41, 5.74) is 2.25. The monoisotopic (exact) mass is 354 g/mol. The molecule has 0 bridgehead atoms. The number of nitrogens with one attached hydrogen (secondary N) is 1. The number of ketones is 1. The Labute approximate surface area is 146 Å². The first-order chi connectivity index (χ1) is 11.0. The summed E-state index contributed by atoms with van der Waals surface area (Å²) >= 11 is 6.77. The van der Waals surface area contributed by atoms with Gasteiger partial charge in [0.05, 0.1) is 23.6 Å². The molecule has 0 saturated carbocycles. The number of thioether (sulfide) groups is 1. The first-order valence-electron chi connectivity index (χ1n) is 7.76. The van der Waals surface area contributed by atoms with Crippen LogP contribution in [0.5, 0.6) is 0 Å². The van der Waals surface area contributed by atoms with Gasteiger partial charge in [0.1, 0.15) is 4.32 Å². The number of aromatic amines is 1. The summed E-state index contributed by atoms with van der Waals surface area (Å²) in [7, 11) is 0. The standard InChI is InChI=1S/C16H22N2O3S2/c1-4-21-15(20)13-10(2)14(17-11(13)3)12(19)9-23-16(22)18-7-5-6-8-18/h17H,4-9H2,1-3H3. The molecular weight excluding hydrogens is 332 g/mol. The maximum absolute atomic E-state index is 12.4. The Morgan fingerprint density at radius 3 is 2.57 bits per heavy atom. The van der Waals surface area contributed by atoms with Crippen LogP contribution < -0.4 is 0 Å². The third-order valence-corrected chi connectivity index (χ3v) is 5.41. The lowest BCUT2D eigenvalue weighted by Crippen LogP contribution is -2.24. The number of rotatable bonds is 5. The van der Waals surface area contributed by atoms with Gasteiger partial charge in [0.25, 0.3) is 0 Å². The number of likely N-dealkylation sites (tertiary alicyclic amines) is 1. The van der Waals surface area contributed by atoms with Crippen LogP contribution in [0, 0.1) is 13.8 Å². The Bertz CT molecular complexity index is 619. The van der Waals surface area contributed by atoms with Gasteiger partial charge in [-0.3, -0.25) is 4.79 Å². The molecule has 0 aliphatic carbocycles. The molecule has 1 aromatic heterocycles. The number of aromatic nitrogens is 1. The van der Waals surface area contributed by atoms with E-state index < -0.39 is 5.97 Å². The van der Waals surface area contributed by atoms with E-state index in [9.17, 15) is 9.59 Å². The van der Waals surface area contributed by atoms with Crippen molar-refractivity contribution in [1.29, 1.82) is 0 Å².